The zero-order valence-electron chi connectivity index (χ0n) is 18.0. The Bertz CT molecular complexity index is 1100. The summed E-state index contributed by atoms with van der Waals surface area (Å²) in [5.74, 6) is 0.505. The second-order valence-corrected chi connectivity index (χ2v) is 8.44. The summed E-state index contributed by atoms with van der Waals surface area (Å²) in [5, 5.41) is 15.1. The van der Waals surface area contributed by atoms with Crippen molar-refractivity contribution in [2.45, 2.75) is 32.2 Å². The van der Waals surface area contributed by atoms with Crippen molar-refractivity contribution in [1.29, 1.82) is 0 Å². The molecular formula is C23H25N5O3S. The number of ether oxygens (including phenoxy) is 1. The predicted molar refractivity (Wildman–Crippen MR) is 125 cm³/mol. The normalized spacial score (nSPS) is 15.4. The molecule has 166 valence electrons. The minimum Gasteiger partial charge on any atom is -0.497 e. The maximum atomic E-state index is 12.9. The van der Waals surface area contributed by atoms with Crippen LogP contribution in [0.25, 0.3) is 10.6 Å². The summed E-state index contributed by atoms with van der Waals surface area (Å²) >= 11 is 1.29. The Kier molecular flexibility index (Phi) is 6.65. The van der Waals surface area contributed by atoms with Crippen LogP contribution in [0.4, 0.5) is 15.6 Å². The first-order chi connectivity index (χ1) is 15.6. The van der Waals surface area contributed by atoms with Gasteiger partial charge in [0.2, 0.25) is 11.0 Å². The molecule has 1 aromatic heterocycles. The number of rotatable bonds is 6. The summed E-state index contributed by atoms with van der Waals surface area (Å²) in [7, 11) is 1.61. The van der Waals surface area contributed by atoms with Gasteiger partial charge < -0.3 is 15.0 Å². The van der Waals surface area contributed by atoms with Gasteiger partial charge in [-0.1, -0.05) is 30.4 Å². The summed E-state index contributed by atoms with van der Waals surface area (Å²) in [6.07, 6.45) is 2.27. The van der Waals surface area contributed by atoms with Gasteiger partial charge in [0, 0.05) is 17.8 Å². The fraction of sp³-hybridized carbons (Fsp3) is 0.304. The van der Waals surface area contributed by atoms with E-state index in [9.17, 15) is 9.59 Å². The molecule has 1 fully saturated rings. The van der Waals surface area contributed by atoms with Gasteiger partial charge in [0.25, 0.3) is 0 Å². The molecule has 2 aromatic carbocycles. The van der Waals surface area contributed by atoms with E-state index in [4.69, 9.17) is 4.74 Å². The third-order valence-corrected chi connectivity index (χ3v) is 6.28. The predicted octanol–water partition coefficient (Wildman–Crippen LogP) is 4.41. The molecule has 0 radical (unpaired) electrons. The Morgan fingerprint density at radius 3 is 2.72 bits per heavy atom. The average molecular weight is 452 g/mol. The highest BCUT2D eigenvalue weighted by Crippen LogP contribution is 2.28. The van der Waals surface area contributed by atoms with Crippen LogP contribution in [0.3, 0.4) is 0 Å². The number of hydrogen-bond acceptors (Lipinski definition) is 6. The summed E-state index contributed by atoms with van der Waals surface area (Å²) in [6, 6.07) is 14.4. The number of carbonyl (C=O) groups excluding carboxylic acids is 2. The highest BCUT2D eigenvalue weighted by Gasteiger charge is 2.34. The second-order valence-electron chi connectivity index (χ2n) is 7.47. The zero-order chi connectivity index (χ0) is 22.5. The Balaban J connectivity index is 1.40. The van der Waals surface area contributed by atoms with Gasteiger partial charge in [-0.2, -0.15) is 0 Å². The lowest BCUT2D eigenvalue weighted by molar-refractivity contribution is -0.119. The van der Waals surface area contributed by atoms with Gasteiger partial charge in [-0.05, 0) is 61.2 Å². The van der Waals surface area contributed by atoms with Crippen molar-refractivity contribution in [2.24, 2.45) is 0 Å². The number of aryl methyl sites for hydroxylation is 1. The van der Waals surface area contributed by atoms with Crippen molar-refractivity contribution < 1.29 is 14.3 Å². The van der Waals surface area contributed by atoms with Crippen LogP contribution in [0.2, 0.25) is 0 Å². The number of hydrogen-bond donors (Lipinski definition) is 2. The fourth-order valence-electron chi connectivity index (χ4n) is 3.66. The molecule has 8 nitrogen and oxygen atoms in total. The van der Waals surface area contributed by atoms with Gasteiger partial charge in [0.1, 0.15) is 16.8 Å². The van der Waals surface area contributed by atoms with E-state index in [1.54, 1.807) is 12.0 Å². The Labute approximate surface area is 190 Å². The quantitative estimate of drug-likeness (QED) is 0.579. The largest absolute Gasteiger partial charge is 0.497 e. The molecule has 1 atom stereocenters. The van der Waals surface area contributed by atoms with E-state index in [0.717, 1.165) is 35.4 Å². The van der Waals surface area contributed by atoms with Crippen LogP contribution in [0, 0.1) is 0 Å². The number of amides is 3. The molecule has 1 saturated heterocycles. The Hall–Kier alpha value is -3.46. The van der Waals surface area contributed by atoms with E-state index in [1.807, 2.05) is 48.5 Å². The monoisotopic (exact) mass is 451 g/mol. The minimum absolute atomic E-state index is 0.252. The van der Waals surface area contributed by atoms with Gasteiger partial charge in [-0.25, -0.2) is 4.79 Å². The van der Waals surface area contributed by atoms with E-state index >= 15 is 0 Å². The lowest BCUT2D eigenvalue weighted by Gasteiger charge is -2.24. The highest BCUT2D eigenvalue weighted by atomic mass is 32.1. The number of carbonyl (C=O) groups is 2. The fourth-order valence-corrected chi connectivity index (χ4v) is 4.41. The van der Waals surface area contributed by atoms with E-state index in [1.165, 1.54) is 11.3 Å². The number of anilines is 2. The van der Waals surface area contributed by atoms with Crippen molar-refractivity contribution in [3.63, 3.8) is 0 Å². The van der Waals surface area contributed by atoms with Crippen LogP contribution in [-0.2, 0) is 11.2 Å². The number of methoxy groups -OCH3 is 1. The van der Waals surface area contributed by atoms with Gasteiger partial charge in [0.15, 0.2) is 0 Å². The Morgan fingerprint density at radius 2 is 1.97 bits per heavy atom. The molecule has 0 spiro atoms. The molecule has 1 unspecified atom stereocenters. The lowest BCUT2D eigenvalue weighted by atomic mass is 10.1. The summed E-state index contributed by atoms with van der Waals surface area (Å²) in [4.78, 5) is 27.3. The molecule has 1 aliphatic heterocycles. The number of nitrogens with one attached hydrogen (secondary N) is 2. The van der Waals surface area contributed by atoms with Crippen molar-refractivity contribution in [3.8, 4) is 16.3 Å². The molecule has 0 aliphatic carbocycles. The molecule has 3 amide bonds. The van der Waals surface area contributed by atoms with Gasteiger partial charge in [0.05, 0.1) is 7.11 Å². The van der Waals surface area contributed by atoms with Crippen LogP contribution in [0.1, 0.15) is 25.3 Å². The molecule has 4 rings (SSSR count). The third-order valence-electron chi connectivity index (χ3n) is 5.39. The van der Waals surface area contributed by atoms with Crippen molar-refractivity contribution >= 4 is 34.1 Å². The first-order valence-electron chi connectivity index (χ1n) is 10.5. The van der Waals surface area contributed by atoms with Crippen LogP contribution >= 0.6 is 11.3 Å². The molecule has 1 aliphatic rings. The summed E-state index contributed by atoms with van der Waals surface area (Å²) in [5.41, 5.74) is 2.76. The molecule has 2 N–H and O–H groups in total. The average Bonchev–Trinajstić information content (AvgIpc) is 3.49. The number of nitrogens with zero attached hydrogens (tertiary/aromatic N) is 3. The summed E-state index contributed by atoms with van der Waals surface area (Å²) < 4.78 is 5.17. The third kappa shape index (κ3) is 4.88. The maximum absolute atomic E-state index is 12.9. The smallest absolute Gasteiger partial charge is 0.322 e. The van der Waals surface area contributed by atoms with E-state index in [-0.39, 0.29) is 11.9 Å². The van der Waals surface area contributed by atoms with Crippen LogP contribution in [0.15, 0.2) is 48.5 Å². The molecule has 32 heavy (non-hydrogen) atoms. The van der Waals surface area contributed by atoms with Crippen LogP contribution in [0.5, 0.6) is 5.75 Å². The molecular weight excluding hydrogens is 426 g/mol. The molecule has 9 heteroatoms. The number of benzene rings is 2. The van der Waals surface area contributed by atoms with E-state index in [2.05, 4.69) is 27.8 Å². The standard InChI is InChI=1S/C23H25N5O3S/c1-3-15-6-4-7-17(14-15)24-23(30)28-13-5-8-19(28)20(29)25-22-27-26-21(32-22)16-9-11-18(31-2)12-10-16/h4,6-7,9-12,14,19H,3,5,8,13H2,1-2H3,(H,24,30)(H,25,27,29). The lowest BCUT2D eigenvalue weighted by Crippen LogP contribution is -2.45. The van der Waals surface area contributed by atoms with E-state index < -0.39 is 6.04 Å². The second kappa shape index (κ2) is 9.78. The highest BCUT2D eigenvalue weighted by molar-refractivity contribution is 7.18. The SMILES string of the molecule is CCc1cccc(NC(=O)N2CCCC2C(=O)Nc2nnc(-c3ccc(OC)cc3)s2)c1. The number of urea groups is 1. The van der Waals surface area contributed by atoms with Crippen molar-refractivity contribution in [2.75, 3.05) is 24.3 Å². The summed E-state index contributed by atoms with van der Waals surface area (Å²) in [6.45, 7) is 2.60. The zero-order valence-corrected chi connectivity index (χ0v) is 18.8. The topological polar surface area (TPSA) is 96.5 Å². The van der Waals surface area contributed by atoms with Crippen molar-refractivity contribution in [1.82, 2.24) is 15.1 Å². The van der Waals surface area contributed by atoms with Gasteiger partial charge in [-0.15, -0.1) is 10.2 Å². The Morgan fingerprint density at radius 1 is 1.16 bits per heavy atom. The van der Waals surface area contributed by atoms with Gasteiger partial charge in [-0.3, -0.25) is 10.1 Å². The van der Waals surface area contributed by atoms with Gasteiger partial charge >= 0.3 is 6.03 Å². The first-order valence-corrected chi connectivity index (χ1v) is 11.3. The molecule has 0 saturated carbocycles. The van der Waals surface area contributed by atoms with Crippen LogP contribution < -0.4 is 15.4 Å². The molecule has 0 bridgehead atoms. The van der Waals surface area contributed by atoms with Crippen LogP contribution in [-0.4, -0.2) is 46.7 Å². The maximum Gasteiger partial charge on any atom is 0.322 e. The number of aromatic nitrogens is 2. The minimum atomic E-state index is -0.544. The first kappa shape index (κ1) is 21.8. The molecule has 2 heterocycles. The number of likely N-dealkylation sites (tertiary alicyclic amines) is 1. The molecule has 3 aromatic rings. The van der Waals surface area contributed by atoms with E-state index in [0.29, 0.717) is 23.1 Å². The van der Waals surface area contributed by atoms with Crippen molar-refractivity contribution in [3.05, 3.63) is 54.1 Å².